The molecule has 0 unspecified atom stereocenters. The van der Waals surface area contributed by atoms with Crippen molar-refractivity contribution in [3.63, 3.8) is 0 Å². The molecule has 1 aromatic carbocycles. The highest BCUT2D eigenvalue weighted by molar-refractivity contribution is 6.30. The monoisotopic (exact) mass is 360 g/mol. The summed E-state index contributed by atoms with van der Waals surface area (Å²) in [5.41, 5.74) is 0.407. The second-order valence-corrected chi connectivity index (χ2v) is 6.36. The molecular weight excluding hydrogens is 344 g/mol. The highest BCUT2D eigenvalue weighted by atomic mass is 35.5. The lowest BCUT2D eigenvalue weighted by Crippen LogP contribution is -2.44. The van der Waals surface area contributed by atoms with Crippen LogP contribution in [0, 0.1) is 0 Å². The van der Waals surface area contributed by atoms with Crippen molar-refractivity contribution in [1.82, 2.24) is 4.98 Å². The maximum Gasteiger partial charge on any atom is 0.337 e. The van der Waals surface area contributed by atoms with E-state index in [0.717, 1.165) is 5.56 Å². The van der Waals surface area contributed by atoms with Gasteiger partial charge in [0.2, 0.25) is 5.91 Å². The van der Waals surface area contributed by atoms with Crippen molar-refractivity contribution in [3.8, 4) is 0 Å². The van der Waals surface area contributed by atoms with E-state index in [1.54, 1.807) is 12.1 Å². The van der Waals surface area contributed by atoms with Crippen molar-refractivity contribution in [2.75, 3.05) is 18.5 Å². The SMILES string of the molecule is O=C(O)c1cncc(NC(=O)C2(c3cccc(Cl)c3)CCOCC2)c1. The molecule has 1 amide bonds. The Morgan fingerprint density at radius 1 is 1.20 bits per heavy atom. The van der Waals surface area contributed by atoms with Gasteiger partial charge in [0, 0.05) is 24.4 Å². The fourth-order valence-corrected chi connectivity index (χ4v) is 3.22. The van der Waals surface area contributed by atoms with E-state index in [2.05, 4.69) is 10.3 Å². The molecule has 1 aromatic heterocycles. The summed E-state index contributed by atoms with van der Waals surface area (Å²) in [6.45, 7) is 0.931. The molecule has 0 bridgehead atoms. The number of nitrogens with zero attached hydrogens (tertiary/aromatic N) is 1. The summed E-state index contributed by atoms with van der Waals surface area (Å²) in [5, 5.41) is 12.4. The van der Waals surface area contributed by atoms with Crippen LogP contribution >= 0.6 is 11.6 Å². The lowest BCUT2D eigenvalue weighted by Gasteiger charge is -2.36. The molecule has 3 rings (SSSR count). The topological polar surface area (TPSA) is 88.5 Å². The van der Waals surface area contributed by atoms with Gasteiger partial charge in [-0.2, -0.15) is 0 Å². The van der Waals surface area contributed by atoms with Gasteiger partial charge >= 0.3 is 5.97 Å². The first kappa shape index (κ1) is 17.4. The highest BCUT2D eigenvalue weighted by Crippen LogP contribution is 2.37. The lowest BCUT2D eigenvalue weighted by atomic mass is 9.73. The minimum absolute atomic E-state index is 0.0154. The number of hydrogen-bond donors (Lipinski definition) is 2. The number of benzene rings is 1. The zero-order valence-electron chi connectivity index (χ0n) is 13.4. The Morgan fingerprint density at radius 3 is 2.64 bits per heavy atom. The third-order valence-corrected chi connectivity index (χ3v) is 4.64. The summed E-state index contributed by atoms with van der Waals surface area (Å²) in [4.78, 5) is 28.0. The van der Waals surface area contributed by atoms with Crippen LogP contribution in [0.4, 0.5) is 5.69 Å². The van der Waals surface area contributed by atoms with E-state index < -0.39 is 11.4 Å². The molecule has 7 heteroatoms. The van der Waals surface area contributed by atoms with Crippen LogP contribution in [0.2, 0.25) is 5.02 Å². The van der Waals surface area contributed by atoms with Gasteiger partial charge in [0.25, 0.3) is 0 Å². The minimum atomic E-state index is -1.10. The number of carbonyl (C=O) groups excluding carboxylic acids is 1. The Kier molecular flexibility index (Phi) is 5.01. The van der Waals surface area contributed by atoms with Crippen molar-refractivity contribution in [2.45, 2.75) is 18.3 Å². The number of nitrogens with one attached hydrogen (secondary N) is 1. The van der Waals surface area contributed by atoms with Gasteiger partial charge in [-0.3, -0.25) is 9.78 Å². The van der Waals surface area contributed by atoms with Crippen molar-refractivity contribution < 1.29 is 19.4 Å². The van der Waals surface area contributed by atoms with Crippen LogP contribution in [-0.2, 0) is 14.9 Å². The Labute approximate surface area is 149 Å². The van der Waals surface area contributed by atoms with Gasteiger partial charge < -0.3 is 15.2 Å². The van der Waals surface area contributed by atoms with Crippen LogP contribution in [0.3, 0.4) is 0 Å². The van der Waals surface area contributed by atoms with Gasteiger partial charge in [0.1, 0.15) is 0 Å². The number of hydrogen-bond acceptors (Lipinski definition) is 4. The van der Waals surface area contributed by atoms with E-state index in [1.807, 2.05) is 12.1 Å². The molecular formula is C18H17ClN2O4. The molecule has 2 N–H and O–H groups in total. The predicted octanol–water partition coefficient (Wildman–Crippen LogP) is 3.12. The Bertz CT molecular complexity index is 803. The molecule has 1 saturated heterocycles. The van der Waals surface area contributed by atoms with Crippen LogP contribution in [-0.4, -0.2) is 35.2 Å². The summed E-state index contributed by atoms with van der Waals surface area (Å²) in [6, 6.07) is 8.63. The molecule has 0 spiro atoms. The van der Waals surface area contributed by atoms with Crippen LogP contribution in [0.25, 0.3) is 0 Å². The third kappa shape index (κ3) is 3.65. The molecule has 0 saturated carbocycles. The number of carboxylic acids is 1. The molecule has 6 nitrogen and oxygen atoms in total. The number of amides is 1. The van der Waals surface area contributed by atoms with E-state index >= 15 is 0 Å². The van der Waals surface area contributed by atoms with E-state index in [1.165, 1.54) is 18.5 Å². The molecule has 2 heterocycles. The first-order chi connectivity index (χ1) is 12.0. The average molecular weight is 361 g/mol. The van der Waals surface area contributed by atoms with Crippen LogP contribution in [0.1, 0.15) is 28.8 Å². The van der Waals surface area contributed by atoms with E-state index in [-0.39, 0.29) is 11.5 Å². The van der Waals surface area contributed by atoms with Gasteiger partial charge in [0.05, 0.1) is 22.9 Å². The molecule has 25 heavy (non-hydrogen) atoms. The van der Waals surface area contributed by atoms with Crippen molar-refractivity contribution in [1.29, 1.82) is 0 Å². The number of halogens is 1. The zero-order valence-corrected chi connectivity index (χ0v) is 14.1. The molecule has 0 radical (unpaired) electrons. The third-order valence-electron chi connectivity index (χ3n) is 4.40. The largest absolute Gasteiger partial charge is 0.478 e. The van der Waals surface area contributed by atoms with Gasteiger partial charge in [-0.1, -0.05) is 23.7 Å². The summed E-state index contributed by atoms with van der Waals surface area (Å²) < 4.78 is 5.42. The molecule has 1 aliphatic heterocycles. The predicted molar refractivity (Wildman–Crippen MR) is 93.0 cm³/mol. The molecule has 2 aromatic rings. The van der Waals surface area contributed by atoms with Gasteiger partial charge in [-0.05, 0) is 36.6 Å². The summed E-state index contributed by atoms with van der Waals surface area (Å²) in [5.74, 6) is -1.32. The summed E-state index contributed by atoms with van der Waals surface area (Å²) >= 11 is 6.11. The number of rotatable bonds is 4. The number of carbonyl (C=O) groups is 2. The van der Waals surface area contributed by atoms with Crippen LogP contribution < -0.4 is 5.32 Å². The van der Waals surface area contributed by atoms with Gasteiger partial charge in [-0.15, -0.1) is 0 Å². The number of aromatic carboxylic acids is 1. The number of ether oxygens (including phenoxy) is 1. The second-order valence-electron chi connectivity index (χ2n) is 5.93. The first-order valence-electron chi connectivity index (χ1n) is 7.85. The zero-order chi connectivity index (χ0) is 17.9. The van der Waals surface area contributed by atoms with Crippen LogP contribution in [0.15, 0.2) is 42.7 Å². The van der Waals surface area contributed by atoms with Gasteiger partial charge in [0.15, 0.2) is 0 Å². The molecule has 1 fully saturated rings. The Balaban J connectivity index is 1.93. The fraction of sp³-hybridized carbons (Fsp3) is 0.278. The Morgan fingerprint density at radius 2 is 1.96 bits per heavy atom. The number of carboxylic acid groups (broad SMARTS) is 1. The van der Waals surface area contributed by atoms with E-state index in [9.17, 15) is 9.59 Å². The number of aromatic nitrogens is 1. The van der Waals surface area contributed by atoms with Gasteiger partial charge in [-0.25, -0.2) is 4.79 Å². The standard InChI is InChI=1S/C18H17ClN2O4/c19-14-3-1-2-13(9-14)18(4-6-25-7-5-18)17(24)21-15-8-12(16(22)23)10-20-11-15/h1-3,8-11H,4-7H2,(H,21,24)(H,22,23). The highest BCUT2D eigenvalue weighted by Gasteiger charge is 2.42. The molecule has 1 aliphatic rings. The van der Waals surface area contributed by atoms with E-state index in [0.29, 0.717) is 36.8 Å². The Hall–Kier alpha value is -2.44. The average Bonchev–Trinajstić information content (AvgIpc) is 2.62. The van der Waals surface area contributed by atoms with E-state index in [4.69, 9.17) is 21.4 Å². The summed E-state index contributed by atoms with van der Waals surface area (Å²) in [6.07, 6.45) is 3.70. The normalized spacial score (nSPS) is 16.2. The quantitative estimate of drug-likeness (QED) is 0.874. The second kappa shape index (κ2) is 7.21. The number of pyridine rings is 1. The lowest BCUT2D eigenvalue weighted by molar-refractivity contribution is -0.125. The van der Waals surface area contributed by atoms with Crippen LogP contribution in [0.5, 0.6) is 0 Å². The number of anilines is 1. The first-order valence-corrected chi connectivity index (χ1v) is 8.23. The van der Waals surface area contributed by atoms with Crippen molar-refractivity contribution in [2.24, 2.45) is 0 Å². The maximum atomic E-state index is 13.1. The molecule has 0 aliphatic carbocycles. The minimum Gasteiger partial charge on any atom is -0.478 e. The van der Waals surface area contributed by atoms with Crippen molar-refractivity contribution >= 4 is 29.2 Å². The van der Waals surface area contributed by atoms with Crippen molar-refractivity contribution in [3.05, 3.63) is 58.9 Å². The molecule has 0 atom stereocenters. The summed E-state index contributed by atoms with van der Waals surface area (Å²) in [7, 11) is 0. The molecule has 130 valence electrons. The fourth-order valence-electron chi connectivity index (χ4n) is 3.03. The smallest absolute Gasteiger partial charge is 0.337 e. The maximum absolute atomic E-state index is 13.1.